The molecule has 2 heterocycles. The lowest BCUT2D eigenvalue weighted by molar-refractivity contribution is -0.139. The molecule has 1 aliphatic rings. The molecule has 0 bridgehead atoms. The molecule has 260 valence electrons. The Balaban J connectivity index is 1.78. The number of carbonyl (C=O) groups excluding carboxylic acids is 1. The van der Waals surface area contributed by atoms with Crippen molar-refractivity contribution in [1.29, 1.82) is 0 Å². The molecule has 1 saturated heterocycles. The van der Waals surface area contributed by atoms with Gasteiger partial charge in [-0.15, -0.1) is 0 Å². The van der Waals surface area contributed by atoms with E-state index in [1.807, 2.05) is 44.7 Å². The number of nitrogens with zero attached hydrogens (tertiary/aromatic N) is 2. The third kappa shape index (κ3) is 8.35. The summed E-state index contributed by atoms with van der Waals surface area (Å²) in [6.45, 7) is 10.9. The molecule has 2 atom stereocenters. The van der Waals surface area contributed by atoms with Gasteiger partial charge in [-0.05, 0) is 116 Å². The van der Waals surface area contributed by atoms with Gasteiger partial charge in [-0.3, -0.25) is 14.4 Å². The van der Waals surface area contributed by atoms with Gasteiger partial charge in [0.1, 0.15) is 11.6 Å². The fraction of sp³-hybridized carbons (Fsp3) is 0.486. The monoisotopic (exact) mass is 672 g/mol. The minimum atomic E-state index is -4.76. The summed E-state index contributed by atoms with van der Waals surface area (Å²) in [5, 5.41) is 9.86. The third-order valence-corrected chi connectivity index (χ3v) is 9.24. The number of halogens is 4. The Bertz CT molecular complexity index is 1730. The number of likely N-dealkylation sites (tertiary alicyclic amines) is 1. The number of carboxylic acids is 1. The first-order valence-electron chi connectivity index (χ1n) is 16.3. The Kier molecular flexibility index (Phi) is 11.6. The van der Waals surface area contributed by atoms with Gasteiger partial charge >= 0.3 is 12.1 Å². The minimum absolute atomic E-state index is 0.0414. The summed E-state index contributed by atoms with van der Waals surface area (Å²) in [5.41, 5.74) is 1.33. The third-order valence-electron chi connectivity index (χ3n) is 9.24. The molecule has 0 amide bonds. The lowest BCUT2D eigenvalue weighted by Crippen LogP contribution is -2.39. The Morgan fingerprint density at radius 2 is 1.71 bits per heavy atom. The summed E-state index contributed by atoms with van der Waals surface area (Å²) in [6, 6.07) is 6.30. The number of aromatic nitrogens is 1. The lowest BCUT2D eigenvalue weighted by Gasteiger charge is -2.31. The molecule has 48 heavy (non-hydrogen) atoms. The van der Waals surface area contributed by atoms with Crippen LogP contribution in [-0.2, 0) is 22.2 Å². The maximum atomic E-state index is 15.9. The molecule has 0 aliphatic carbocycles. The smallest absolute Gasteiger partial charge is 0.416 e. The maximum Gasteiger partial charge on any atom is 0.416 e. The Morgan fingerprint density at radius 1 is 1.02 bits per heavy atom. The highest BCUT2D eigenvalue weighted by Gasteiger charge is 2.36. The zero-order chi connectivity index (χ0) is 35.5. The van der Waals surface area contributed by atoms with Crippen molar-refractivity contribution in [3.05, 3.63) is 86.1 Å². The second kappa shape index (κ2) is 15.1. The van der Waals surface area contributed by atoms with E-state index in [-0.39, 0.29) is 35.4 Å². The molecule has 1 aliphatic heterocycles. The number of hydrogen-bond acceptors (Lipinski definition) is 5. The van der Waals surface area contributed by atoms with E-state index in [0.717, 1.165) is 47.0 Å². The van der Waals surface area contributed by atoms with Crippen molar-refractivity contribution in [3.63, 3.8) is 0 Å². The van der Waals surface area contributed by atoms with Crippen LogP contribution in [-0.4, -0.2) is 53.1 Å². The average Bonchev–Trinajstić information content (AvgIpc) is 2.96. The normalized spacial score (nSPS) is 14.9. The highest BCUT2D eigenvalue weighted by molar-refractivity contribution is 5.84. The number of ketones is 1. The summed E-state index contributed by atoms with van der Waals surface area (Å²) in [7, 11) is 1.54. The number of methoxy groups -OCH3 is 1. The number of Topliss-reactive ketones (excluding diaryl/α,β-unsaturated/α-hetero) is 1. The van der Waals surface area contributed by atoms with Gasteiger partial charge in [-0.25, -0.2) is 4.39 Å². The summed E-state index contributed by atoms with van der Waals surface area (Å²) in [6.07, 6.45) is -3.49. The molecule has 1 aromatic heterocycles. The highest BCUT2D eigenvalue weighted by atomic mass is 19.4. The lowest BCUT2D eigenvalue weighted by atomic mass is 9.83. The standard InChI is InChI=1S/C37H44F4N2O5/c1-21(2)14-30(43-20-25(10-13-42-11-7-12-42)29(19-33(43)45)37(39,40)41)31(44)17-26(18-34(46)47)28-16-27(15-23(4)36(28)38)35-22(3)8-9-32(48-6)24(35)5/h8-9,15-16,19-21,26,30H,7,10-14,17-18H2,1-6H3,(H,46,47)/t26-,30-/m0/s1. The van der Waals surface area contributed by atoms with Crippen molar-refractivity contribution in [2.75, 3.05) is 26.7 Å². The molecule has 11 heteroatoms. The van der Waals surface area contributed by atoms with Crippen molar-refractivity contribution >= 4 is 11.8 Å². The van der Waals surface area contributed by atoms with Crippen molar-refractivity contribution in [3.8, 4) is 16.9 Å². The van der Waals surface area contributed by atoms with E-state index in [1.54, 1.807) is 26.2 Å². The van der Waals surface area contributed by atoms with Crippen LogP contribution in [0.25, 0.3) is 11.1 Å². The van der Waals surface area contributed by atoms with Gasteiger partial charge in [-0.2, -0.15) is 13.2 Å². The van der Waals surface area contributed by atoms with Gasteiger partial charge in [0.25, 0.3) is 5.56 Å². The largest absolute Gasteiger partial charge is 0.496 e. The number of carbonyl (C=O) groups is 2. The molecule has 1 fully saturated rings. The van der Waals surface area contributed by atoms with Gasteiger partial charge in [0, 0.05) is 31.1 Å². The molecular formula is C37H44F4N2O5. The molecule has 4 rings (SSSR count). The van der Waals surface area contributed by atoms with Gasteiger partial charge in [-0.1, -0.05) is 19.9 Å². The fourth-order valence-electron chi connectivity index (χ4n) is 6.64. The van der Waals surface area contributed by atoms with Gasteiger partial charge in [0.05, 0.1) is 25.1 Å². The molecule has 0 unspecified atom stereocenters. The van der Waals surface area contributed by atoms with E-state index in [1.165, 1.54) is 0 Å². The number of pyridine rings is 1. The van der Waals surface area contributed by atoms with Gasteiger partial charge < -0.3 is 19.3 Å². The van der Waals surface area contributed by atoms with Gasteiger partial charge in [0.2, 0.25) is 0 Å². The molecular weight excluding hydrogens is 628 g/mol. The molecule has 7 nitrogen and oxygen atoms in total. The van der Waals surface area contributed by atoms with Crippen LogP contribution in [0.4, 0.5) is 17.6 Å². The van der Waals surface area contributed by atoms with E-state index < -0.39 is 59.7 Å². The van der Waals surface area contributed by atoms with Crippen molar-refractivity contribution in [2.24, 2.45) is 5.92 Å². The second-order valence-corrected chi connectivity index (χ2v) is 13.3. The summed E-state index contributed by atoms with van der Waals surface area (Å²) >= 11 is 0. The zero-order valence-corrected chi connectivity index (χ0v) is 28.3. The van der Waals surface area contributed by atoms with Crippen LogP contribution in [0.5, 0.6) is 5.75 Å². The van der Waals surface area contributed by atoms with Crippen LogP contribution in [0.15, 0.2) is 41.3 Å². The summed E-state index contributed by atoms with van der Waals surface area (Å²) in [4.78, 5) is 41.5. The van der Waals surface area contributed by atoms with E-state index in [2.05, 4.69) is 0 Å². The first kappa shape index (κ1) is 36.8. The predicted octanol–water partition coefficient (Wildman–Crippen LogP) is 7.66. The molecule has 2 aromatic carbocycles. The molecule has 0 saturated carbocycles. The molecule has 1 N–H and O–H groups in total. The quantitative estimate of drug-likeness (QED) is 0.177. The van der Waals surface area contributed by atoms with Crippen molar-refractivity contribution < 1.29 is 37.0 Å². The van der Waals surface area contributed by atoms with E-state index in [0.29, 0.717) is 23.9 Å². The number of rotatable bonds is 14. The Labute approximate surface area is 278 Å². The topological polar surface area (TPSA) is 88.8 Å². The summed E-state index contributed by atoms with van der Waals surface area (Å²) < 4.78 is 64.5. The average molecular weight is 673 g/mol. The number of benzene rings is 2. The minimum Gasteiger partial charge on any atom is -0.496 e. The molecule has 0 radical (unpaired) electrons. The fourth-order valence-corrected chi connectivity index (χ4v) is 6.64. The van der Waals surface area contributed by atoms with Crippen LogP contribution >= 0.6 is 0 Å². The Morgan fingerprint density at radius 3 is 2.27 bits per heavy atom. The van der Waals surface area contributed by atoms with Crippen LogP contribution in [0.3, 0.4) is 0 Å². The number of hydrogen-bond donors (Lipinski definition) is 1. The van der Waals surface area contributed by atoms with Crippen LogP contribution in [0.1, 0.15) is 84.9 Å². The van der Waals surface area contributed by atoms with Crippen LogP contribution in [0.2, 0.25) is 0 Å². The van der Waals surface area contributed by atoms with Crippen LogP contribution in [0, 0.1) is 32.5 Å². The molecule has 0 spiro atoms. The number of aliphatic carboxylic acids is 1. The van der Waals surface area contributed by atoms with Crippen LogP contribution < -0.4 is 10.3 Å². The van der Waals surface area contributed by atoms with Crippen molar-refractivity contribution in [1.82, 2.24) is 9.47 Å². The Hall–Kier alpha value is -3.99. The predicted molar refractivity (Wildman–Crippen MR) is 176 cm³/mol. The maximum absolute atomic E-state index is 15.9. The second-order valence-electron chi connectivity index (χ2n) is 13.3. The van der Waals surface area contributed by atoms with E-state index in [4.69, 9.17) is 4.74 Å². The SMILES string of the molecule is COc1ccc(C)c(-c2cc(C)c(F)c([C@H](CC(=O)O)CC(=O)[C@H](CC(C)C)n3cc(CCN4CCC4)c(C(F)(F)F)cc3=O)c2)c1C. The first-order valence-corrected chi connectivity index (χ1v) is 16.3. The van der Waals surface area contributed by atoms with E-state index in [9.17, 15) is 32.7 Å². The first-order chi connectivity index (χ1) is 22.5. The number of alkyl halides is 3. The number of ether oxygens (including phenoxy) is 1. The zero-order valence-electron chi connectivity index (χ0n) is 28.3. The van der Waals surface area contributed by atoms with Gasteiger partial charge in [0.15, 0.2) is 5.78 Å². The number of aryl methyl sites for hydroxylation is 2. The highest BCUT2D eigenvalue weighted by Crippen LogP contribution is 2.39. The van der Waals surface area contributed by atoms with Crippen molar-refractivity contribution in [2.45, 2.75) is 84.9 Å². The van der Waals surface area contributed by atoms with E-state index >= 15 is 4.39 Å². The number of carboxylic acid groups (broad SMARTS) is 1. The summed E-state index contributed by atoms with van der Waals surface area (Å²) in [5.74, 6) is -3.07. The molecule has 3 aromatic rings.